The quantitative estimate of drug-likeness (QED) is 0.203. The van der Waals surface area contributed by atoms with Crippen molar-refractivity contribution in [2.24, 2.45) is 0 Å². The molecule has 0 saturated carbocycles. The Bertz CT molecular complexity index is 267. The maximum absolute atomic E-state index is 5.83. The molecule has 0 bridgehead atoms. The van der Waals surface area contributed by atoms with E-state index >= 15 is 0 Å². The first-order chi connectivity index (χ1) is 13.6. The molecule has 0 amide bonds. The van der Waals surface area contributed by atoms with Gasteiger partial charge >= 0.3 is 18.3 Å². The molecule has 0 heterocycles. The zero-order valence-electron chi connectivity index (χ0n) is 19.7. The summed E-state index contributed by atoms with van der Waals surface area (Å²) in [6.45, 7) is 18.2. The summed E-state index contributed by atoms with van der Waals surface area (Å²) in [7, 11) is -4.10. The van der Waals surface area contributed by atoms with Gasteiger partial charge in [0, 0.05) is 45.7 Å². The van der Waals surface area contributed by atoms with Gasteiger partial charge in [-0.15, -0.1) is 0 Å². The zero-order valence-corrected chi connectivity index (χ0v) is 21.9. The van der Waals surface area contributed by atoms with Crippen LogP contribution in [0.1, 0.15) is 87.0 Å². The predicted molar refractivity (Wildman–Crippen MR) is 121 cm³/mol. The SMILES string of the molecule is CCCCCCCC[Si](OCC)(OCC)OCC.CCO[SiH](OCC)OCC. The van der Waals surface area contributed by atoms with E-state index in [4.69, 9.17) is 26.6 Å². The molecule has 172 valence electrons. The van der Waals surface area contributed by atoms with Gasteiger partial charge in [0.2, 0.25) is 0 Å². The fraction of sp³-hybridized carbons (Fsp3) is 1.00. The lowest BCUT2D eigenvalue weighted by atomic mass is 10.1. The van der Waals surface area contributed by atoms with Crippen molar-refractivity contribution >= 4 is 18.3 Å². The average Bonchev–Trinajstić information content (AvgIpc) is 2.66. The summed E-state index contributed by atoms with van der Waals surface area (Å²) in [4.78, 5) is 0. The third kappa shape index (κ3) is 18.2. The molecule has 0 unspecified atom stereocenters. The molecule has 0 aliphatic heterocycles. The first kappa shape index (κ1) is 30.4. The van der Waals surface area contributed by atoms with Crippen molar-refractivity contribution in [3.8, 4) is 0 Å². The third-order valence-corrected chi connectivity index (χ3v) is 8.81. The van der Waals surface area contributed by atoms with Crippen LogP contribution in [0.2, 0.25) is 6.04 Å². The molecule has 0 N–H and O–H groups in total. The van der Waals surface area contributed by atoms with Crippen molar-refractivity contribution < 1.29 is 26.6 Å². The van der Waals surface area contributed by atoms with E-state index in [1.165, 1.54) is 32.1 Å². The van der Waals surface area contributed by atoms with Crippen molar-refractivity contribution in [2.45, 2.75) is 93.0 Å². The minimum atomic E-state index is -2.36. The van der Waals surface area contributed by atoms with Crippen LogP contribution in [0.4, 0.5) is 0 Å². The smallest absolute Gasteiger partial charge is 0.376 e. The van der Waals surface area contributed by atoms with Gasteiger partial charge in [-0.3, -0.25) is 0 Å². The molecule has 0 aliphatic carbocycles. The lowest BCUT2D eigenvalue weighted by Crippen LogP contribution is -2.45. The second-order valence-corrected chi connectivity index (χ2v) is 10.5. The highest BCUT2D eigenvalue weighted by atomic mass is 28.4. The molecular weight excluding hydrogens is 392 g/mol. The van der Waals surface area contributed by atoms with Gasteiger partial charge < -0.3 is 26.6 Å². The van der Waals surface area contributed by atoms with Crippen LogP contribution in [0.3, 0.4) is 0 Å². The summed E-state index contributed by atoms with van der Waals surface area (Å²) in [5.41, 5.74) is 0. The number of rotatable bonds is 19. The van der Waals surface area contributed by atoms with Crippen molar-refractivity contribution in [3.05, 3.63) is 0 Å². The number of hydrogen-bond donors (Lipinski definition) is 0. The van der Waals surface area contributed by atoms with E-state index < -0.39 is 18.3 Å². The van der Waals surface area contributed by atoms with Crippen molar-refractivity contribution in [1.29, 1.82) is 0 Å². The van der Waals surface area contributed by atoms with Crippen molar-refractivity contribution in [3.63, 3.8) is 0 Å². The lowest BCUT2D eigenvalue weighted by Gasteiger charge is -2.28. The summed E-state index contributed by atoms with van der Waals surface area (Å²) in [5, 5.41) is 0. The molecule has 0 aromatic carbocycles. The van der Waals surface area contributed by atoms with Gasteiger partial charge in [0.1, 0.15) is 0 Å². The van der Waals surface area contributed by atoms with Crippen LogP contribution in [0.25, 0.3) is 0 Å². The van der Waals surface area contributed by atoms with Crippen LogP contribution in [0.15, 0.2) is 0 Å². The maximum Gasteiger partial charge on any atom is 0.500 e. The predicted octanol–water partition coefficient (Wildman–Crippen LogP) is 5.21. The van der Waals surface area contributed by atoms with Gasteiger partial charge in [-0.2, -0.15) is 0 Å². The lowest BCUT2D eigenvalue weighted by molar-refractivity contribution is 0.0706. The Morgan fingerprint density at radius 1 is 0.500 bits per heavy atom. The zero-order chi connectivity index (χ0) is 21.5. The summed E-state index contributed by atoms with van der Waals surface area (Å²) < 4.78 is 33.1. The summed E-state index contributed by atoms with van der Waals surface area (Å²) >= 11 is 0. The summed E-state index contributed by atoms with van der Waals surface area (Å²) in [5.74, 6) is 0. The number of unbranched alkanes of at least 4 members (excludes halogenated alkanes) is 5. The van der Waals surface area contributed by atoms with Gasteiger partial charge in [0.15, 0.2) is 0 Å². The largest absolute Gasteiger partial charge is 0.500 e. The Hall–Kier alpha value is 0.194. The standard InChI is InChI=1S/C14H32O3Si.C6H16O3Si/c1-5-9-10-11-12-13-14-18(15-6-2,16-7-3)17-8-4;1-4-7-10(8-5-2)9-6-3/h5-14H2,1-4H3;10H,4-6H2,1-3H3. The highest BCUT2D eigenvalue weighted by Crippen LogP contribution is 2.20. The summed E-state index contributed by atoms with van der Waals surface area (Å²) in [6.07, 6.45) is 7.75. The molecule has 0 aliphatic rings. The van der Waals surface area contributed by atoms with E-state index in [1.54, 1.807) is 0 Å². The molecule has 0 spiro atoms. The van der Waals surface area contributed by atoms with Gasteiger partial charge in [0.05, 0.1) is 0 Å². The van der Waals surface area contributed by atoms with E-state index in [1.807, 2.05) is 41.5 Å². The molecule has 28 heavy (non-hydrogen) atoms. The molecule has 0 aromatic heterocycles. The van der Waals surface area contributed by atoms with Crippen LogP contribution in [0.5, 0.6) is 0 Å². The van der Waals surface area contributed by atoms with E-state index in [2.05, 4.69) is 6.92 Å². The Labute approximate surface area is 177 Å². The molecular formula is C20H48O6Si2. The number of hydrogen-bond acceptors (Lipinski definition) is 6. The normalized spacial score (nSPS) is 11.6. The van der Waals surface area contributed by atoms with Gasteiger partial charge in [-0.25, -0.2) is 0 Å². The van der Waals surface area contributed by atoms with Crippen molar-refractivity contribution in [1.82, 2.24) is 0 Å². The molecule has 0 rings (SSSR count). The van der Waals surface area contributed by atoms with Gasteiger partial charge in [0.25, 0.3) is 0 Å². The first-order valence-electron chi connectivity index (χ1n) is 11.4. The molecule has 0 radical (unpaired) electrons. The van der Waals surface area contributed by atoms with Gasteiger partial charge in [-0.1, -0.05) is 39.0 Å². The molecule has 6 nitrogen and oxygen atoms in total. The van der Waals surface area contributed by atoms with Crippen LogP contribution < -0.4 is 0 Å². The van der Waals surface area contributed by atoms with E-state index in [0.717, 1.165) is 12.5 Å². The van der Waals surface area contributed by atoms with Crippen molar-refractivity contribution in [2.75, 3.05) is 39.6 Å². The highest BCUT2D eigenvalue weighted by molar-refractivity contribution is 6.60. The van der Waals surface area contributed by atoms with Crippen LogP contribution in [-0.4, -0.2) is 58.0 Å². The maximum atomic E-state index is 5.83. The minimum Gasteiger partial charge on any atom is -0.376 e. The fourth-order valence-electron chi connectivity index (χ4n) is 2.68. The Balaban J connectivity index is 0. The molecule has 0 aromatic rings. The van der Waals surface area contributed by atoms with Crippen LogP contribution >= 0.6 is 0 Å². The summed E-state index contributed by atoms with van der Waals surface area (Å²) in [6, 6.07) is 0.967. The topological polar surface area (TPSA) is 55.4 Å². The second kappa shape index (κ2) is 23.5. The molecule has 0 saturated heterocycles. The minimum absolute atomic E-state index is 0.677. The van der Waals surface area contributed by atoms with E-state index in [9.17, 15) is 0 Å². The van der Waals surface area contributed by atoms with Crippen LogP contribution in [-0.2, 0) is 26.6 Å². The van der Waals surface area contributed by atoms with Crippen LogP contribution in [0, 0.1) is 0 Å². The average molecular weight is 441 g/mol. The monoisotopic (exact) mass is 440 g/mol. The Morgan fingerprint density at radius 3 is 1.25 bits per heavy atom. The fourth-order valence-corrected chi connectivity index (χ4v) is 6.47. The third-order valence-electron chi connectivity index (χ3n) is 3.84. The molecule has 0 atom stereocenters. The molecule has 8 heteroatoms. The second-order valence-electron chi connectivity index (χ2n) is 6.15. The Morgan fingerprint density at radius 2 is 0.893 bits per heavy atom. The van der Waals surface area contributed by atoms with E-state index in [0.29, 0.717) is 39.6 Å². The first-order valence-corrected chi connectivity index (χ1v) is 14.7. The highest BCUT2D eigenvalue weighted by Gasteiger charge is 2.39. The van der Waals surface area contributed by atoms with Gasteiger partial charge in [-0.05, 0) is 48.0 Å². The van der Waals surface area contributed by atoms with E-state index in [-0.39, 0.29) is 0 Å². The Kier molecular flexibility index (Phi) is 25.5. The molecule has 0 fully saturated rings.